The van der Waals surface area contributed by atoms with E-state index in [0.29, 0.717) is 11.6 Å². The van der Waals surface area contributed by atoms with Gasteiger partial charge in [-0.1, -0.05) is 37.1 Å². The third kappa shape index (κ3) is 3.76. The number of ether oxygens (including phenoxy) is 1. The predicted molar refractivity (Wildman–Crippen MR) is 80.9 cm³/mol. The standard InChI is InChI=1S/C16H20ClNO3/c1-3-4-9-18(2)16(20)13-10-14(19)21-15(13)11-5-7-12(17)8-6-11/h5-8,13,15H,3-4,9-10H2,1-2H3/t13-,15+/m1/s1. The fraction of sp³-hybridized carbons (Fsp3) is 0.500. The first-order valence-electron chi connectivity index (χ1n) is 7.23. The highest BCUT2D eigenvalue weighted by molar-refractivity contribution is 6.30. The summed E-state index contributed by atoms with van der Waals surface area (Å²) < 4.78 is 5.35. The van der Waals surface area contributed by atoms with Crippen LogP contribution in [0.2, 0.25) is 5.02 Å². The first kappa shape index (κ1) is 15.8. The van der Waals surface area contributed by atoms with Crippen LogP contribution in [0.25, 0.3) is 0 Å². The van der Waals surface area contributed by atoms with E-state index in [9.17, 15) is 9.59 Å². The molecule has 1 amide bonds. The second-order valence-corrected chi connectivity index (χ2v) is 5.82. The number of hydrogen-bond acceptors (Lipinski definition) is 3. The molecule has 2 rings (SSSR count). The van der Waals surface area contributed by atoms with Crippen molar-refractivity contribution in [3.05, 3.63) is 34.9 Å². The number of unbranched alkanes of at least 4 members (excludes halogenated alkanes) is 1. The van der Waals surface area contributed by atoms with Crippen molar-refractivity contribution in [3.8, 4) is 0 Å². The molecule has 1 heterocycles. The minimum Gasteiger partial charge on any atom is -0.457 e. The van der Waals surface area contributed by atoms with Crippen LogP contribution < -0.4 is 0 Å². The zero-order chi connectivity index (χ0) is 15.4. The molecular formula is C16H20ClNO3. The van der Waals surface area contributed by atoms with Gasteiger partial charge < -0.3 is 9.64 Å². The van der Waals surface area contributed by atoms with Crippen LogP contribution in [0.4, 0.5) is 0 Å². The van der Waals surface area contributed by atoms with E-state index in [4.69, 9.17) is 16.3 Å². The maximum absolute atomic E-state index is 12.5. The van der Waals surface area contributed by atoms with Gasteiger partial charge in [0.1, 0.15) is 6.10 Å². The normalized spacial score (nSPS) is 21.2. The summed E-state index contributed by atoms with van der Waals surface area (Å²) >= 11 is 5.87. The highest BCUT2D eigenvalue weighted by Crippen LogP contribution is 2.36. The third-order valence-electron chi connectivity index (χ3n) is 3.75. The number of hydrogen-bond donors (Lipinski definition) is 0. The van der Waals surface area contributed by atoms with E-state index in [2.05, 4.69) is 6.92 Å². The lowest BCUT2D eigenvalue weighted by molar-refractivity contribution is -0.142. The first-order chi connectivity index (χ1) is 10.0. The molecule has 1 aliphatic heterocycles. The van der Waals surface area contributed by atoms with Gasteiger partial charge in [0.05, 0.1) is 12.3 Å². The lowest BCUT2D eigenvalue weighted by Crippen LogP contribution is -2.35. The maximum atomic E-state index is 12.5. The minimum absolute atomic E-state index is 0.0331. The van der Waals surface area contributed by atoms with Crippen LogP contribution >= 0.6 is 11.6 Å². The van der Waals surface area contributed by atoms with E-state index < -0.39 is 12.0 Å². The molecule has 0 aromatic heterocycles. The van der Waals surface area contributed by atoms with Crippen LogP contribution in [-0.4, -0.2) is 30.4 Å². The van der Waals surface area contributed by atoms with Gasteiger partial charge in [0, 0.05) is 18.6 Å². The first-order valence-corrected chi connectivity index (χ1v) is 7.60. The quantitative estimate of drug-likeness (QED) is 0.785. The Labute approximate surface area is 130 Å². The number of benzene rings is 1. The van der Waals surface area contributed by atoms with Crippen molar-refractivity contribution in [2.75, 3.05) is 13.6 Å². The summed E-state index contributed by atoms with van der Waals surface area (Å²) in [6.07, 6.45) is 1.61. The Bertz CT molecular complexity index is 515. The van der Waals surface area contributed by atoms with Gasteiger partial charge >= 0.3 is 5.97 Å². The van der Waals surface area contributed by atoms with Crippen LogP contribution in [0, 0.1) is 5.92 Å². The van der Waals surface area contributed by atoms with Crippen molar-refractivity contribution in [1.29, 1.82) is 0 Å². The summed E-state index contributed by atoms with van der Waals surface area (Å²) in [5, 5.41) is 0.617. The number of nitrogens with zero attached hydrogens (tertiary/aromatic N) is 1. The van der Waals surface area contributed by atoms with Crippen molar-refractivity contribution >= 4 is 23.5 Å². The Hall–Kier alpha value is -1.55. The molecule has 2 atom stereocenters. The van der Waals surface area contributed by atoms with Gasteiger partial charge in [-0.25, -0.2) is 0 Å². The fourth-order valence-corrected chi connectivity index (χ4v) is 2.64. The second-order valence-electron chi connectivity index (χ2n) is 5.39. The van der Waals surface area contributed by atoms with Crippen LogP contribution in [0.5, 0.6) is 0 Å². The minimum atomic E-state index is -0.508. The lowest BCUT2D eigenvalue weighted by atomic mass is 9.94. The van der Waals surface area contributed by atoms with Crippen LogP contribution in [0.1, 0.15) is 37.9 Å². The number of amides is 1. The highest BCUT2D eigenvalue weighted by Gasteiger charge is 2.41. The summed E-state index contributed by atoms with van der Waals surface area (Å²) in [5.41, 5.74) is 0.812. The Morgan fingerprint density at radius 2 is 2.05 bits per heavy atom. The van der Waals surface area contributed by atoms with Crippen LogP contribution in [0.15, 0.2) is 24.3 Å². The fourth-order valence-electron chi connectivity index (χ4n) is 2.52. The highest BCUT2D eigenvalue weighted by atomic mass is 35.5. The van der Waals surface area contributed by atoms with Gasteiger partial charge in [0.25, 0.3) is 0 Å². The van der Waals surface area contributed by atoms with E-state index in [1.54, 1.807) is 36.2 Å². The molecule has 21 heavy (non-hydrogen) atoms. The average Bonchev–Trinajstić information content (AvgIpc) is 2.86. The molecule has 1 aliphatic rings. The molecule has 5 heteroatoms. The van der Waals surface area contributed by atoms with Gasteiger partial charge in [0.2, 0.25) is 5.91 Å². The summed E-state index contributed by atoms with van der Waals surface area (Å²) in [6.45, 7) is 2.78. The molecule has 0 bridgehead atoms. The van der Waals surface area contributed by atoms with Gasteiger partial charge in [-0.3, -0.25) is 9.59 Å². The van der Waals surface area contributed by atoms with E-state index >= 15 is 0 Å². The number of rotatable bonds is 5. The average molecular weight is 310 g/mol. The molecule has 1 fully saturated rings. The van der Waals surface area contributed by atoms with E-state index in [1.807, 2.05) is 0 Å². The molecule has 4 nitrogen and oxygen atoms in total. The Kier molecular flexibility index (Phi) is 5.23. The number of halogens is 1. The van der Waals surface area contributed by atoms with Crippen LogP contribution in [-0.2, 0) is 14.3 Å². The smallest absolute Gasteiger partial charge is 0.307 e. The summed E-state index contributed by atoms with van der Waals surface area (Å²) in [5.74, 6) is -0.799. The van der Waals surface area contributed by atoms with E-state index in [-0.39, 0.29) is 18.3 Å². The number of carbonyl (C=O) groups is 2. The molecular weight excluding hydrogens is 290 g/mol. The second kappa shape index (κ2) is 6.94. The van der Waals surface area contributed by atoms with Crippen molar-refractivity contribution in [2.24, 2.45) is 5.92 Å². The summed E-state index contributed by atoms with van der Waals surface area (Å²) in [6, 6.07) is 7.09. The molecule has 0 saturated carbocycles. The van der Waals surface area contributed by atoms with Crippen molar-refractivity contribution in [1.82, 2.24) is 4.90 Å². The molecule has 1 aromatic carbocycles. The number of carbonyl (C=O) groups excluding carboxylic acids is 2. The number of esters is 1. The van der Waals surface area contributed by atoms with Gasteiger partial charge in [0.15, 0.2) is 0 Å². The summed E-state index contributed by atoms with van der Waals surface area (Å²) in [4.78, 5) is 25.8. The monoisotopic (exact) mass is 309 g/mol. The Balaban J connectivity index is 2.14. The van der Waals surface area contributed by atoms with Gasteiger partial charge in [-0.2, -0.15) is 0 Å². The Morgan fingerprint density at radius 3 is 2.67 bits per heavy atom. The van der Waals surface area contributed by atoms with Crippen molar-refractivity contribution in [3.63, 3.8) is 0 Å². The molecule has 0 spiro atoms. The topological polar surface area (TPSA) is 46.6 Å². The molecule has 0 unspecified atom stereocenters. The molecule has 0 aliphatic carbocycles. The largest absolute Gasteiger partial charge is 0.457 e. The van der Waals surface area contributed by atoms with Crippen molar-refractivity contribution < 1.29 is 14.3 Å². The summed E-state index contributed by atoms with van der Waals surface area (Å²) in [7, 11) is 1.78. The molecule has 1 aromatic rings. The lowest BCUT2D eigenvalue weighted by Gasteiger charge is -2.23. The zero-order valence-corrected chi connectivity index (χ0v) is 13.1. The van der Waals surface area contributed by atoms with Gasteiger partial charge in [-0.15, -0.1) is 0 Å². The number of cyclic esters (lactones) is 1. The van der Waals surface area contributed by atoms with Crippen molar-refractivity contribution in [2.45, 2.75) is 32.3 Å². The predicted octanol–water partition coefficient (Wildman–Crippen LogP) is 3.20. The maximum Gasteiger partial charge on any atom is 0.307 e. The van der Waals surface area contributed by atoms with Gasteiger partial charge in [-0.05, 0) is 24.1 Å². The molecule has 114 valence electrons. The zero-order valence-electron chi connectivity index (χ0n) is 12.3. The SMILES string of the molecule is CCCCN(C)C(=O)[C@@H]1CC(=O)O[C@H]1c1ccc(Cl)cc1. The molecule has 0 radical (unpaired) electrons. The molecule has 0 N–H and O–H groups in total. The Morgan fingerprint density at radius 1 is 1.38 bits per heavy atom. The van der Waals surface area contributed by atoms with E-state index in [1.165, 1.54) is 0 Å². The van der Waals surface area contributed by atoms with Crippen LogP contribution in [0.3, 0.4) is 0 Å². The van der Waals surface area contributed by atoms with E-state index in [0.717, 1.165) is 18.4 Å². The third-order valence-corrected chi connectivity index (χ3v) is 4.00. The molecule has 1 saturated heterocycles.